The maximum atomic E-state index is 12.9. The molecule has 0 bridgehead atoms. The molecule has 0 atom stereocenters. The molecule has 1 aromatic carbocycles. The molecule has 0 spiro atoms. The van der Waals surface area contributed by atoms with Crippen LogP contribution in [0.25, 0.3) is 0 Å². The molecule has 0 radical (unpaired) electrons. The van der Waals surface area contributed by atoms with Gasteiger partial charge in [0.1, 0.15) is 12.2 Å². The summed E-state index contributed by atoms with van der Waals surface area (Å²) in [7, 11) is 0. The number of aromatic nitrogens is 3. The van der Waals surface area contributed by atoms with Crippen LogP contribution in [0.15, 0.2) is 90.2 Å². The predicted octanol–water partition coefficient (Wildman–Crippen LogP) is 3.83. The highest BCUT2D eigenvalue weighted by atomic mass is 16.5. The smallest absolute Gasteiger partial charge is 0.263 e. The molecular formula is C25H22N4O3. The van der Waals surface area contributed by atoms with Crippen LogP contribution in [0.4, 0.5) is 5.82 Å². The van der Waals surface area contributed by atoms with Gasteiger partial charge < -0.3 is 14.6 Å². The molecule has 4 rings (SSSR count). The minimum atomic E-state index is -0.541. The second-order valence-electron chi connectivity index (χ2n) is 7.29. The zero-order valence-corrected chi connectivity index (χ0v) is 17.6. The van der Waals surface area contributed by atoms with Gasteiger partial charge in [0.05, 0.1) is 6.54 Å². The molecule has 0 saturated carbocycles. The van der Waals surface area contributed by atoms with E-state index in [1.54, 1.807) is 43.0 Å². The van der Waals surface area contributed by atoms with E-state index in [-0.39, 0.29) is 16.9 Å². The highest BCUT2D eigenvalue weighted by molar-refractivity contribution is 6.04. The Morgan fingerprint density at radius 2 is 1.84 bits per heavy atom. The highest BCUT2D eigenvalue weighted by Crippen LogP contribution is 2.22. The normalized spacial score (nSPS) is 10.5. The molecule has 3 heterocycles. The topological polar surface area (TPSA) is 86.1 Å². The van der Waals surface area contributed by atoms with Crippen LogP contribution in [-0.2, 0) is 13.2 Å². The van der Waals surface area contributed by atoms with Crippen molar-refractivity contribution in [3.8, 4) is 5.75 Å². The van der Waals surface area contributed by atoms with Gasteiger partial charge in [-0.1, -0.05) is 29.8 Å². The van der Waals surface area contributed by atoms with Crippen molar-refractivity contribution < 1.29 is 9.53 Å². The van der Waals surface area contributed by atoms with Gasteiger partial charge in [-0.3, -0.25) is 14.6 Å². The summed E-state index contributed by atoms with van der Waals surface area (Å²) >= 11 is 0. The van der Waals surface area contributed by atoms with Crippen molar-refractivity contribution in [3.63, 3.8) is 0 Å². The summed E-state index contributed by atoms with van der Waals surface area (Å²) in [6, 6.07) is 18.2. The first-order chi connectivity index (χ1) is 15.6. The fourth-order valence-electron chi connectivity index (χ4n) is 3.26. The van der Waals surface area contributed by atoms with Crippen LogP contribution in [-0.4, -0.2) is 20.4 Å². The van der Waals surface area contributed by atoms with Crippen molar-refractivity contribution in [2.45, 2.75) is 20.1 Å². The van der Waals surface area contributed by atoms with Gasteiger partial charge in [0.25, 0.3) is 11.5 Å². The monoisotopic (exact) mass is 426 g/mol. The first kappa shape index (κ1) is 21.0. The molecule has 160 valence electrons. The third kappa shape index (κ3) is 5.07. The summed E-state index contributed by atoms with van der Waals surface area (Å²) in [6.45, 7) is 2.68. The van der Waals surface area contributed by atoms with Gasteiger partial charge in [-0.2, -0.15) is 0 Å². The quantitative estimate of drug-likeness (QED) is 0.485. The molecule has 0 aliphatic carbocycles. The van der Waals surface area contributed by atoms with E-state index in [0.717, 1.165) is 16.7 Å². The molecule has 0 unspecified atom stereocenters. The number of amides is 1. The lowest BCUT2D eigenvalue weighted by atomic mass is 10.1. The Kier molecular flexibility index (Phi) is 6.36. The molecule has 4 aromatic rings. The van der Waals surface area contributed by atoms with E-state index in [1.165, 1.54) is 10.6 Å². The Bertz CT molecular complexity index is 1290. The number of nitrogens with one attached hydrogen (secondary N) is 1. The lowest BCUT2D eigenvalue weighted by Gasteiger charge is -2.12. The Morgan fingerprint density at radius 1 is 1.00 bits per heavy atom. The van der Waals surface area contributed by atoms with Crippen LogP contribution < -0.4 is 15.6 Å². The van der Waals surface area contributed by atoms with Gasteiger partial charge in [0, 0.05) is 24.8 Å². The van der Waals surface area contributed by atoms with Crippen LogP contribution in [0.2, 0.25) is 0 Å². The van der Waals surface area contributed by atoms with Crippen LogP contribution >= 0.6 is 0 Å². The number of ether oxygens (including phenoxy) is 1. The number of anilines is 1. The van der Waals surface area contributed by atoms with Gasteiger partial charge in [-0.15, -0.1) is 0 Å². The van der Waals surface area contributed by atoms with E-state index >= 15 is 0 Å². The Hall–Kier alpha value is -4.26. The van der Waals surface area contributed by atoms with Crippen LogP contribution in [0.1, 0.15) is 27.0 Å². The van der Waals surface area contributed by atoms with E-state index in [9.17, 15) is 9.59 Å². The average Bonchev–Trinajstić information content (AvgIpc) is 2.80. The van der Waals surface area contributed by atoms with Crippen LogP contribution in [0, 0.1) is 6.92 Å². The molecule has 1 amide bonds. The van der Waals surface area contributed by atoms with E-state index < -0.39 is 5.91 Å². The van der Waals surface area contributed by atoms with Crippen molar-refractivity contribution in [1.29, 1.82) is 0 Å². The average molecular weight is 426 g/mol. The summed E-state index contributed by atoms with van der Waals surface area (Å²) in [4.78, 5) is 34.0. The summed E-state index contributed by atoms with van der Waals surface area (Å²) in [5, 5.41) is 2.70. The molecule has 7 heteroatoms. The standard InChI is InChI=1S/C25H22N4O3/c1-18-5-2-6-20(15-18)16-29-14-4-7-21(25(29)31)24(30)28-23-22(8-3-11-27-23)32-17-19-9-12-26-13-10-19/h2-15H,16-17H2,1H3,(H,27,28,30). The Morgan fingerprint density at radius 3 is 2.66 bits per heavy atom. The number of carbonyl (C=O) groups excluding carboxylic acids is 1. The molecule has 3 aromatic heterocycles. The summed E-state index contributed by atoms with van der Waals surface area (Å²) in [6.07, 6.45) is 6.59. The van der Waals surface area contributed by atoms with E-state index in [0.29, 0.717) is 18.9 Å². The molecule has 32 heavy (non-hydrogen) atoms. The maximum absolute atomic E-state index is 12.9. The molecule has 0 aliphatic heterocycles. The van der Waals surface area contributed by atoms with E-state index in [4.69, 9.17) is 4.74 Å². The van der Waals surface area contributed by atoms with Crippen molar-refractivity contribution >= 4 is 11.7 Å². The van der Waals surface area contributed by atoms with Gasteiger partial charge in [-0.05, 0) is 54.4 Å². The predicted molar refractivity (Wildman–Crippen MR) is 122 cm³/mol. The molecule has 1 N–H and O–H groups in total. The van der Waals surface area contributed by atoms with E-state index in [2.05, 4.69) is 15.3 Å². The van der Waals surface area contributed by atoms with Gasteiger partial charge >= 0.3 is 0 Å². The lowest BCUT2D eigenvalue weighted by Crippen LogP contribution is -2.29. The lowest BCUT2D eigenvalue weighted by molar-refractivity contribution is 0.102. The summed E-state index contributed by atoms with van der Waals surface area (Å²) in [5.41, 5.74) is 2.69. The zero-order chi connectivity index (χ0) is 22.3. The SMILES string of the molecule is Cc1cccc(Cn2cccc(C(=O)Nc3ncccc3OCc3ccncc3)c2=O)c1. The third-order valence-electron chi connectivity index (χ3n) is 4.85. The molecule has 0 aliphatic rings. The number of nitrogens with zero attached hydrogens (tertiary/aromatic N) is 3. The number of benzene rings is 1. The fraction of sp³-hybridized carbons (Fsp3) is 0.120. The zero-order valence-electron chi connectivity index (χ0n) is 17.6. The summed E-state index contributed by atoms with van der Waals surface area (Å²) < 4.78 is 7.33. The molecule has 0 saturated heterocycles. The maximum Gasteiger partial charge on any atom is 0.263 e. The number of hydrogen-bond acceptors (Lipinski definition) is 5. The Labute approximate surface area is 185 Å². The summed E-state index contributed by atoms with van der Waals surface area (Å²) in [5.74, 6) is 0.120. The van der Waals surface area contributed by atoms with E-state index in [1.807, 2.05) is 43.3 Å². The van der Waals surface area contributed by atoms with Crippen molar-refractivity contribution in [1.82, 2.24) is 14.5 Å². The number of rotatable bonds is 7. The van der Waals surface area contributed by atoms with Crippen molar-refractivity contribution in [2.75, 3.05) is 5.32 Å². The Balaban J connectivity index is 1.51. The molecule has 0 fully saturated rings. The van der Waals surface area contributed by atoms with Gasteiger partial charge in [0.15, 0.2) is 11.6 Å². The molecule has 7 nitrogen and oxygen atoms in total. The first-order valence-electron chi connectivity index (χ1n) is 10.1. The molecular weight excluding hydrogens is 404 g/mol. The first-order valence-corrected chi connectivity index (χ1v) is 10.1. The van der Waals surface area contributed by atoms with Gasteiger partial charge in [0.2, 0.25) is 0 Å². The minimum Gasteiger partial charge on any atom is -0.485 e. The number of carbonyl (C=O) groups is 1. The van der Waals surface area contributed by atoms with Crippen LogP contribution in [0.3, 0.4) is 0 Å². The highest BCUT2D eigenvalue weighted by Gasteiger charge is 2.15. The number of aryl methyl sites for hydroxylation is 1. The second kappa shape index (κ2) is 9.70. The third-order valence-corrected chi connectivity index (χ3v) is 4.85. The van der Waals surface area contributed by atoms with Crippen LogP contribution in [0.5, 0.6) is 5.75 Å². The fourth-order valence-corrected chi connectivity index (χ4v) is 3.26. The second-order valence-corrected chi connectivity index (χ2v) is 7.29. The van der Waals surface area contributed by atoms with Crippen molar-refractivity contribution in [2.24, 2.45) is 0 Å². The number of hydrogen-bond donors (Lipinski definition) is 1. The van der Waals surface area contributed by atoms with Gasteiger partial charge in [-0.25, -0.2) is 4.98 Å². The van der Waals surface area contributed by atoms with Crippen molar-refractivity contribution in [3.05, 3.63) is 118 Å². The largest absolute Gasteiger partial charge is 0.485 e. The minimum absolute atomic E-state index is 0.0332. The number of pyridine rings is 3.